The summed E-state index contributed by atoms with van der Waals surface area (Å²) in [6.45, 7) is 2.02. The smallest absolute Gasteiger partial charge is 0.0928 e. The first-order chi connectivity index (χ1) is 12.3. The molecule has 1 heteroatoms. The lowest BCUT2D eigenvalue weighted by Crippen LogP contribution is -2.25. The van der Waals surface area contributed by atoms with Crippen LogP contribution in [0.1, 0.15) is 81.8 Å². The quantitative estimate of drug-likeness (QED) is 0.478. The fourth-order valence-corrected chi connectivity index (χ4v) is 5.11. The average molecular weight is 343 g/mol. The van der Waals surface area contributed by atoms with Crippen LogP contribution in [0.25, 0.3) is 0 Å². The first-order valence-electron chi connectivity index (χ1n) is 10.6. The maximum absolute atomic E-state index is 12.2. The SMILES string of the molecule is CCc1ccc(C2CCC([C@H]3CC[C@H](/C=C/CCF)CC3)CC2)cc1. The van der Waals surface area contributed by atoms with E-state index in [0.29, 0.717) is 6.42 Å². The standard InChI is InChI=1S/C24H35F/c1-2-19-6-10-21(11-7-19)23-14-16-24(17-15-23)22-12-8-20(9-13-22)5-3-4-18-25/h3,5-7,10-11,20,22-24H,2,4,8-9,12-18H2,1H3/b5-3+/t20-,22-,23?,24?. The summed E-state index contributed by atoms with van der Waals surface area (Å²) in [5, 5.41) is 0. The number of benzene rings is 1. The molecule has 138 valence electrons. The molecular formula is C24H35F. The summed E-state index contributed by atoms with van der Waals surface area (Å²) in [4.78, 5) is 0. The molecule has 0 heterocycles. The Kier molecular flexibility index (Phi) is 7.13. The zero-order valence-corrected chi connectivity index (χ0v) is 15.9. The number of halogens is 1. The molecule has 0 saturated heterocycles. The third-order valence-corrected chi connectivity index (χ3v) is 6.80. The van der Waals surface area contributed by atoms with E-state index in [0.717, 1.165) is 30.1 Å². The van der Waals surface area contributed by atoms with Gasteiger partial charge in [-0.15, -0.1) is 0 Å². The van der Waals surface area contributed by atoms with Gasteiger partial charge in [0, 0.05) is 0 Å². The van der Waals surface area contributed by atoms with Crippen molar-refractivity contribution in [2.75, 3.05) is 6.67 Å². The summed E-state index contributed by atoms with van der Waals surface area (Å²) in [6.07, 6.45) is 17.1. The highest BCUT2D eigenvalue weighted by Crippen LogP contribution is 2.44. The summed E-state index contributed by atoms with van der Waals surface area (Å²) in [5.74, 6) is 3.43. The molecule has 0 unspecified atom stereocenters. The molecule has 0 atom stereocenters. The molecule has 0 radical (unpaired) electrons. The molecule has 2 aliphatic carbocycles. The molecule has 0 aliphatic heterocycles. The second-order valence-corrected chi connectivity index (χ2v) is 8.29. The third kappa shape index (κ3) is 5.19. The molecule has 3 rings (SSSR count). The predicted molar refractivity (Wildman–Crippen MR) is 106 cm³/mol. The van der Waals surface area contributed by atoms with E-state index in [1.54, 1.807) is 5.56 Å². The Bertz CT molecular complexity index is 514. The molecule has 1 aromatic rings. The van der Waals surface area contributed by atoms with Crippen LogP contribution in [-0.4, -0.2) is 6.67 Å². The topological polar surface area (TPSA) is 0 Å². The first kappa shape index (κ1) is 18.7. The number of alkyl halides is 1. The summed E-state index contributed by atoms with van der Waals surface area (Å²) in [7, 11) is 0. The van der Waals surface area contributed by atoms with E-state index in [1.807, 2.05) is 0 Å². The predicted octanol–water partition coefficient (Wildman–Crippen LogP) is 7.25. The third-order valence-electron chi connectivity index (χ3n) is 6.80. The number of hydrogen-bond acceptors (Lipinski definition) is 0. The average Bonchev–Trinajstić information content (AvgIpc) is 2.69. The summed E-state index contributed by atoms with van der Waals surface area (Å²) in [6, 6.07) is 9.38. The number of aryl methyl sites for hydroxylation is 1. The molecule has 0 aromatic heterocycles. The van der Waals surface area contributed by atoms with E-state index in [4.69, 9.17) is 0 Å². The fraction of sp³-hybridized carbons (Fsp3) is 0.667. The molecular weight excluding hydrogens is 307 g/mol. The van der Waals surface area contributed by atoms with Crippen LogP contribution in [0.5, 0.6) is 0 Å². The van der Waals surface area contributed by atoms with Gasteiger partial charge in [0.05, 0.1) is 6.67 Å². The van der Waals surface area contributed by atoms with Gasteiger partial charge in [-0.1, -0.05) is 43.3 Å². The lowest BCUT2D eigenvalue weighted by Gasteiger charge is -2.37. The highest BCUT2D eigenvalue weighted by atomic mass is 19.1. The van der Waals surface area contributed by atoms with E-state index < -0.39 is 0 Å². The summed E-state index contributed by atoms with van der Waals surface area (Å²) in [5.41, 5.74) is 3.02. The van der Waals surface area contributed by atoms with Crippen LogP contribution >= 0.6 is 0 Å². The van der Waals surface area contributed by atoms with Crippen LogP contribution in [0.2, 0.25) is 0 Å². The maximum Gasteiger partial charge on any atom is 0.0928 e. The highest BCUT2D eigenvalue weighted by Gasteiger charge is 2.30. The van der Waals surface area contributed by atoms with Gasteiger partial charge in [0.2, 0.25) is 0 Å². The molecule has 2 aliphatic rings. The molecule has 2 saturated carbocycles. The van der Waals surface area contributed by atoms with Crippen LogP contribution in [0, 0.1) is 17.8 Å². The molecule has 0 N–H and O–H groups in total. The van der Waals surface area contributed by atoms with Crippen molar-refractivity contribution >= 4 is 0 Å². The number of rotatable bonds is 6. The van der Waals surface area contributed by atoms with Crippen molar-refractivity contribution in [2.45, 2.75) is 77.0 Å². The second kappa shape index (κ2) is 9.55. The Hall–Kier alpha value is -1.11. The van der Waals surface area contributed by atoms with Crippen LogP contribution in [0.4, 0.5) is 4.39 Å². The van der Waals surface area contributed by atoms with Crippen LogP contribution in [-0.2, 0) is 6.42 Å². The fourth-order valence-electron chi connectivity index (χ4n) is 5.11. The van der Waals surface area contributed by atoms with Gasteiger partial charge in [0.15, 0.2) is 0 Å². The van der Waals surface area contributed by atoms with Gasteiger partial charge in [0.1, 0.15) is 0 Å². The number of allylic oxidation sites excluding steroid dienone is 2. The Morgan fingerprint density at radius 2 is 1.48 bits per heavy atom. The number of hydrogen-bond donors (Lipinski definition) is 0. The lowest BCUT2D eigenvalue weighted by atomic mass is 9.68. The van der Waals surface area contributed by atoms with Gasteiger partial charge < -0.3 is 0 Å². The summed E-state index contributed by atoms with van der Waals surface area (Å²) >= 11 is 0. The second-order valence-electron chi connectivity index (χ2n) is 8.29. The zero-order chi connectivity index (χ0) is 17.5. The van der Waals surface area contributed by atoms with Crippen molar-refractivity contribution < 1.29 is 4.39 Å². The van der Waals surface area contributed by atoms with Crippen molar-refractivity contribution in [1.29, 1.82) is 0 Å². The minimum absolute atomic E-state index is 0.212. The largest absolute Gasteiger partial charge is 0.251 e. The molecule has 0 nitrogen and oxygen atoms in total. The highest BCUT2D eigenvalue weighted by molar-refractivity contribution is 5.25. The molecule has 0 bridgehead atoms. The van der Waals surface area contributed by atoms with Crippen LogP contribution in [0.15, 0.2) is 36.4 Å². The molecule has 1 aromatic carbocycles. The van der Waals surface area contributed by atoms with Crippen molar-refractivity contribution in [3.8, 4) is 0 Å². The normalized spacial score (nSPS) is 30.6. The van der Waals surface area contributed by atoms with Crippen LogP contribution < -0.4 is 0 Å². The molecule has 0 spiro atoms. The van der Waals surface area contributed by atoms with E-state index in [1.165, 1.54) is 56.9 Å². The van der Waals surface area contributed by atoms with Crippen molar-refractivity contribution in [2.24, 2.45) is 17.8 Å². The van der Waals surface area contributed by atoms with E-state index in [9.17, 15) is 4.39 Å². The minimum atomic E-state index is -0.212. The Morgan fingerprint density at radius 3 is 2.04 bits per heavy atom. The van der Waals surface area contributed by atoms with Gasteiger partial charge in [0.25, 0.3) is 0 Å². The van der Waals surface area contributed by atoms with E-state index >= 15 is 0 Å². The van der Waals surface area contributed by atoms with Gasteiger partial charge in [-0.25, -0.2) is 0 Å². The minimum Gasteiger partial charge on any atom is -0.251 e. The Labute approximate surface area is 153 Å². The maximum atomic E-state index is 12.2. The van der Waals surface area contributed by atoms with Crippen molar-refractivity contribution in [3.63, 3.8) is 0 Å². The van der Waals surface area contributed by atoms with Crippen molar-refractivity contribution in [3.05, 3.63) is 47.5 Å². The summed E-state index contributed by atoms with van der Waals surface area (Å²) < 4.78 is 12.2. The Morgan fingerprint density at radius 1 is 0.880 bits per heavy atom. The lowest BCUT2D eigenvalue weighted by molar-refractivity contribution is 0.171. The molecule has 25 heavy (non-hydrogen) atoms. The van der Waals surface area contributed by atoms with Gasteiger partial charge in [-0.3, -0.25) is 4.39 Å². The first-order valence-corrected chi connectivity index (χ1v) is 10.6. The van der Waals surface area contributed by atoms with Gasteiger partial charge >= 0.3 is 0 Å². The molecule has 2 fully saturated rings. The van der Waals surface area contributed by atoms with E-state index in [-0.39, 0.29) is 6.67 Å². The van der Waals surface area contributed by atoms with Gasteiger partial charge in [-0.05, 0) is 99.0 Å². The van der Waals surface area contributed by atoms with E-state index in [2.05, 4.69) is 43.3 Å². The van der Waals surface area contributed by atoms with Crippen LogP contribution in [0.3, 0.4) is 0 Å². The Balaban J connectivity index is 1.43. The van der Waals surface area contributed by atoms with Crippen molar-refractivity contribution in [1.82, 2.24) is 0 Å². The molecule has 0 amide bonds. The zero-order valence-electron chi connectivity index (χ0n) is 15.9. The van der Waals surface area contributed by atoms with Gasteiger partial charge in [-0.2, -0.15) is 0 Å². The monoisotopic (exact) mass is 342 g/mol.